The number of hydrogen-bond donors (Lipinski definition) is 1. The number of anilines is 1. The van der Waals surface area contributed by atoms with E-state index in [1.807, 2.05) is 30.3 Å². The van der Waals surface area contributed by atoms with E-state index in [0.717, 1.165) is 5.56 Å². The van der Waals surface area contributed by atoms with Gasteiger partial charge in [-0.2, -0.15) is 5.10 Å². The van der Waals surface area contributed by atoms with Crippen LogP contribution in [0, 0.1) is 0 Å². The van der Waals surface area contributed by atoms with Gasteiger partial charge in [-0.25, -0.2) is 13.8 Å². The van der Waals surface area contributed by atoms with Gasteiger partial charge < -0.3 is 9.47 Å². The number of amides is 1. The van der Waals surface area contributed by atoms with E-state index in [4.69, 9.17) is 9.47 Å². The fraction of sp³-hybridized carbons (Fsp3) is 0.0968. The number of hydrazone groups is 1. The van der Waals surface area contributed by atoms with Crippen molar-refractivity contribution in [3.8, 4) is 11.5 Å². The first-order valence-corrected chi connectivity index (χ1v) is 13.8. The lowest BCUT2D eigenvalue weighted by molar-refractivity contribution is 0.0955. The molecule has 0 aromatic heterocycles. The fourth-order valence-corrected chi connectivity index (χ4v) is 5.40. The Balaban J connectivity index is 1.62. The summed E-state index contributed by atoms with van der Waals surface area (Å²) < 4.78 is 39.8. The average molecular weight is 556 g/mol. The van der Waals surface area contributed by atoms with Gasteiger partial charge >= 0.3 is 0 Å². The van der Waals surface area contributed by atoms with E-state index in [2.05, 4.69) is 17.1 Å². The molecule has 0 saturated carbocycles. The highest BCUT2D eigenvalue weighted by atomic mass is 32.2. The van der Waals surface area contributed by atoms with E-state index in [9.17, 15) is 13.2 Å². The highest BCUT2D eigenvalue weighted by Crippen LogP contribution is 2.30. The largest absolute Gasteiger partial charge is 0.493 e. The molecule has 4 aromatic rings. The molecule has 0 radical (unpaired) electrons. The van der Waals surface area contributed by atoms with Crippen LogP contribution in [-0.4, -0.2) is 34.3 Å². The minimum atomic E-state index is -4.01. The standard InChI is InChI=1S/C31H29N3O5S/c1-3-20-39-29-19-18-25(21-30(29)38-2)22-32-33-31(35)27-16-10-11-17-28(27)34(23-24-12-6-4-7-13-24)40(36,37)26-14-8-5-9-15-26/h3-19,21-22H,1,20,23H2,2H3,(H,33,35)/b32-22-. The second-order valence-corrected chi connectivity index (χ2v) is 10.4. The van der Waals surface area contributed by atoms with Crippen molar-refractivity contribution in [1.29, 1.82) is 0 Å². The number of benzene rings is 4. The lowest BCUT2D eigenvalue weighted by Gasteiger charge is -2.26. The summed E-state index contributed by atoms with van der Waals surface area (Å²) in [7, 11) is -2.48. The Hall–Kier alpha value is -4.89. The van der Waals surface area contributed by atoms with Crippen molar-refractivity contribution >= 4 is 27.8 Å². The van der Waals surface area contributed by atoms with E-state index in [-0.39, 0.29) is 22.7 Å². The van der Waals surface area contributed by atoms with Crippen molar-refractivity contribution in [2.24, 2.45) is 5.10 Å². The molecule has 9 heteroatoms. The summed E-state index contributed by atoms with van der Waals surface area (Å²) in [5.41, 5.74) is 4.32. The average Bonchev–Trinajstić information content (AvgIpc) is 3.00. The van der Waals surface area contributed by atoms with E-state index in [1.54, 1.807) is 66.7 Å². The maximum absolute atomic E-state index is 13.8. The smallest absolute Gasteiger partial charge is 0.273 e. The molecular formula is C31H29N3O5S. The molecule has 0 aliphatic heterocycles. The van der Waals surface area contributed by atoms with Crippen LogP contribution >= 0.6 is 0 Å². The fourth-order valence-electron chi connectivity index (χ4n) is 3.91. The molecule has 204 valence electrons. The molecule has 0 bridgehead atoms. The molecule has 0 atom stereocenters. The summed E-state index contributed by atoms with van der Waals surface area (Å²) in [6.45, 7) is 4.00. The second kappa shape index (κ2) is 13.3. The maximum Gasteiger partial charge on any atom is 0.273 e. The quantitative estimate of drug-likeness (QED) is 0.143. The van der Waals surface area contributed by atoms with Gasteiger partial charge in [0.1, 0.15) is 6.61 Å². The summed E-state index contributed by atoms with van der Waals surface area (Å²) in [6, 6.07) is 29.1. The lowest BCUT2D eigenvalue weighted by atomic mass is 10.1. The molecule has 4 aromatic carbocycles. The van der Waals surface area contributed by atoms with E-state index >= 15 is 0 Å². The van der Waals surface area contributed by atoms with Crippen molar-refractivity contribution in [2.45, 2.75) is 11.4 Å². The number of carbonyl (C=O) groups is 1. The zero-order valence-corrected chi connectivity index (χ0v) is 22.8. The molecule has 0 aliphatic carbocycles. The van der Waals surface area contributed by atoms with Crippen LogP contribution in [0.4, 0.5) is 5.69 Å². The predicted octanol–water partition coefficient (Wildman–Crippen LogP) is 5.42. The van der Waals surface area contributed by atoms with Crippen LogP contribution in [0.1, 0.15) is 21.5 Å². The molecule has 0 unspecified atom stereocenters. The van der Waals surface area contributed by atoms with Gasteiger partial charge in [-0.3, -0.25) is 9.10 Å². The molecule has 0 saturated heterocycles. The number of nitrogens with one attached hydrogen (secondary N) is 1. The SMILES string of the molecule is C=CCOc1ccc(/C=N\NC(=O)c2ccccc2N(Cc2ccccc2)S(=O)(=O)c2ccccc2)cc1OC. The van der Waals surface area contributed by atoms with E-state index < -0.39 is 15.9 Å². The number of ether oxygens (including phenoxy) is 2. The number of para-hydroxylation sites is 1. The third kappa shape index (κ3) is 6.75. The van der Waals surface area contributed by atoms with Gasteiger partial charge in [0.2, 0.25) is 0 Å². The Morgan fingerprint density at radius 1 is 0.925 bits per heavy atom. The first kappa shape index (κ1) is 28.1. The summed E-state index contributed by atoms with van der Waals surface area (Å²) in [5.74, 6) is 0.492. The zero-order valence-electron chi connectivity index (χ0n) is 21.9. The van der Waals surface area contributed by atoms with Crippen LogP contribution in [0.5, 0.6) is 11.5 Å². The minimum Gasteiger partial charge on any atom is -0.493 e. The molecule has 40 heavy (non-hydrogen) atoms. The van der Waals surface area contributed by atoms with Gasteiger partial charge in [0.25, 0.3) is 15.9 Å². The molecule has 0 heterocycles. The monoisotopic (exact) mass is 555 g/mol. The molecule has 1 N–H and O–H groups in total. The van der Waals surface area contributed by atoms with Gasteiger partial charge in [0, 0.05) is 0 Å². The second-order valence-electron chi connectivity index (χ2n) is 8.54. The van der Waals surface area contributed by atoms with Crippen LogP contribution < -0.4 is 19.2 Å². The maximum atomic E-state index is 13.8. The Morgan fingerprint density at radius 2 is 1.60 bits per heavy atom. The number of carbonyl (C=O) groups excluding carboxylic acids is 1. The number of sulfonamides is 1. The van der Waals surface area contributed by atoms with Crippen molar-refractivity contribution in [2.75, 3.05) is 18.0 Å². The third-order valence-electron chi connectivity index (χ3n) is 5.84. The lowest BCUT2D eigenvalue weighted by Crippen LogP contribution is -2.33. The highest BCUT2D eigenvalue weighted by Gasteiger charge is 2.28. The summed E-state index contributed by atoms with van der Waals surface area (Å²) in [4.78, 5) is 13.4. The van der Waals surface area contributed by atoms with Crippen molar-refractivity contribution in [3.63, 3.8) is 0 Å². The normalized spacial score (nSPS) is 11.1. The number of nitrogens with zero attached hydrogens (tertiary/aromatic N) is 2. The number of methoxy groups -OCH3 is 1. The molecule has 0 spiro atoms. The van der Waals surface area contributed by atoms with E-state index in [1.165, 1.54) is 29.8 Å². The van der Waals surface area contributed by atoms with Crippen LogP contribution in [0.25, 0.3) is 0 Å². The Kier molecular flexibility index (Phi) is 9.32. The molecule has 0 fully saturated rings. The molecule has 1 amide bonds. The van der Waals surface area contributed by atoms with Crippen LogP contribution in [0.3, 0.4) is 0 Å². The minimum absolute atomic E-state index is 0.0334. The molecule has 0 aliphatic rings. The van der Waals surface area contributed by atoms with E-state index in [0.29, 0.717) is 23.7 Å². The first-order chi connectivity index (χ1) is 19.4. The van der Waals surface area contributed by atoms with Gasteiger partial charge in [0.05, 0.1) is 36.0 Å². The Bertz CT molecular complexity index is 1590. The topological polar surface area (TPSA) is 97.3 Å². The zero-order chi connectivity index (χ0) is 28.4. The van der Waals surface area contributed by atoms with Gasteiger partial charge in [-0.15, -0.1) is 0 Å². The Labute approximate surface area is 234 Å². The summed E-state index contributed by atoms with van der Waals surface area (Å²) in [6.07, 6.45) is 3.09. The number of rotatable bonds is 12. The molecule has 8 nitrogen and oxygen atoms in total. The van der Waals surface area contributed by atoms with Crippen LogP contribution in [-0.2, 0) is 16.6 Å². The third-order valence-corrected chi connectivity index (χ3v) is 7.62. The summed E-state index contributed by atoms with van der Waals surface area (Å²) >= 11 is 0. The summed E-state index contributed by atoms with van der Waals surface area (Å²) in [5, 5.41) is 4.08. The van der Waals surface area contributed by atoms with Gasteiger partial charge in [-0.1, -0.05) is 73.3 Å². The van der Waals surface area contributed by atoms with Gasteiger partial charge in [-0.05, 0) is 53.6 Å². The Morgan fingerprint density at radius 3 is 2.30 bits per heavy atom. The van der Waals surface area contributed by atoms with Gasteiger partial charge in [0.15, 0.2) is 11.5 Å². The van der Waals surface area contributed by atoms with Crippen molar-refractivity contribution in [1.82, 2.24) is 5.43 Å². The highest BCUT2D eigenvalue weighted by molar-refractivity contribution is 7.92. The first-order valence-electron chi connectivity index (χ1n) is 12.4. The van der Waals surface area contributed by atoms with Crippen molar-refractivity contribution < 1.29 is 22.7 Å². The van der Waals surface area contributed by atoms with Crippen LogP contribution in [0.2, 0.25) is 0 Å². The van der Waals surface area contributed by atoms with Crippen LogP contribution in [0.15, 0.2) is 126 Å². The van der Waals surface area contributed by atoms with Crippen molar-refractivity contribution in [3.05, 3.63) is 132 Å². The molecular weight excluding hydrogens is 526 g/mol. The predicted molar refractivity (Wildman–Crippen MR) is 156 cm³/mol. The molecule has 4 rings (SSSR count). The number of hydrogen-bond acceptors (Lipinski definition) is 6.